The lowest BCUT2D eigenvalue weighted by Crippen LogP contribution is -2.12. The van der Waals surface area contributed by atoms with Crippen molar-refractivity contribution in [2.45, 2.75) is 45.1 Å². The van der Waals surface area contributed by atoms with Crippen LogP contribution >= 0.6 is 11.6 Å². The molecular formula is C17H20ClN. The summed E-state index contributed by atoms with van der Waals surface area (Å²) >= 11 is 6.26. The van der Waals surface area contributed by atoms with E-state index in [-0.39, 0.29) is 0 Å². The molecule has 0 N–H and O–H groups in total. The Morgan fingerprint density at radius 2 is 1.89 bits per heavy atom. The van der Waals surface area contributed by atoms with Gasteiger partial charge in [-0.15, -0.1) is 0 Å². The van der Waals surface area contributed by atoms with Gasteiger partial charge in [0.05, 0.1) is 0 Å². The van der Waals surface area contributed by atoms with Crippen LogP contribution in [0.3, 0.4) is 0 Å². The van der Waals surface area contributed by atoms with Crippen LogP contribution in [0.15, 0.2) is 36.5 Å². The minimum atomic E-state index is 0.666. The van der Waals surface area contributed by atoms with Gasteiger partial charge in [-0.05, 0) is 49.1 Å². The standard InChI is InChI=1S/C17H20ClN/c1-13-9-10-14(12-16(13)18)17-8-5-11-19(17)15-6-3-2-4-7-15/h5,8-12,15H,2-4,6-7H2,1H3. The largest absolute Gasteiger partial charge is 0.344 e. The normalized spacial score (nSPS) is 16.7. The molecule has 1 saturated carbocycles. The summed E-state index contributed by atoms with van der Waals surface area (Å²) in [5.41, 5.74) is 3.67. The molecule has 1 aromatic carbocycles. The van der Waals surface area contributed by atoms with Crippen LogP contribution in [0.4, 0.5) is 0 Å². The predicted molar refractivity (Wildman–Crippen MR) is 81.7 cm³/mol. The number of hydrogen-bond donors (Lipinski definition) is 0. The number of hydrogen-bond acceptors (Lipinski definition) is 0. The van der Waals surface area contributed by atoms with Crippen molar-refractivity contribution in [3.63, 3.8) is 0 Å². The topological polar surface area (TPSA) is 4.93 Å². The third-order valence-corrected chi connectivity index (χ3v) is 4.62. The minimum absolute atomic E-state index is 0.666. The van der Waals surface area contributed by atoms with Crippen LogP contribution in [0.2, 0.25) is 5.02 Å². The molecule has 1 aliphatic carbocycles. The zero-order chi connectivity index (χ0) is 13.2. The second-order valence-corrected chi connectivity index (χ2v) is 5.96. The summed E-state index contributed by atoms with van der Waals surface area (Å²) in [5.74, 6) is 0. The highest BCUT2D eigenvalue weighted by Gasteiger charge is 2.17. The lowest BCUT2D eigenvalue weighted by molar-refractivity contribution is 0.356. The molecule has 1 aromatic heterocycles. The van der Waals surface area contributed by atoms with Crippen molar-refractivity contribution < 1.29 is 0 Å². The SMILES string of the molecule is Cc1ccc(-c2cccn2C2CCCCC2)cc1Cl. The first-order valence-corrected chi connectivity index (χ1v) is 7.57. The highest BCUT2D eigenvalue weighted by molar-refractivity contribution is 6.31. The van der Waals surface area contributed by atoms with Gasteiger partial charge in [0.2, 0.25) is 0 Å². The molecule has 0 saturated heterocycles. The van der Waals surface area contributed by atoms with E-state index in [1.165, 1.54) is 43.4 Å². The quantitative estimate of drug-likeness (QED) is 0.669. The molecule has 19 heavy (non-hydrogen) atoms. The fourth-order valence-electron chi connectivity index (χ4n) is 3.07. The van der Waals surface area contributed by atoms with Gasteiger partial charge in [-0.25, -0.2) is 0 Å². The molecule has 3 rings (SSSR count). The molecule has 100 valence electrons. The second-order valence-electron chi connectivity index (χ2n) is 5.56. The smallest absolute Gasteiger partial charge is 0.0483 e. The highest BCUT2D eigenvalue weighted by Crippen LogP contribution is 2.33. The van der Waals surface area contributed by atoms with Crippen molar-refractivity contribution >= 4 is 11.6 Å². The van der Waals surface area contributed by atoms with Gasteiger partial charge in [0.15, 0.2) is 0 Å². The van der Waals surface area contributed by atoms with E-state index in [9.17, 15) is 0 Å². The molecule has 1 fully saturated rings. The van der Waals surface area contributed by atoms with E-state index in [1.807, 2.05) is 6.92 Å². The summed E-state index contributed by atoms with van der Waals surface area (Å²) in [6.07, 6.45) is 8.94. The molecule has 2 heteroatoms. The Labute approximate surface area is 120 Å². The number of nitrogens with zero attached hydrogens (tertiary/aromatic N) is 1. The van der Waals surface area contributed by atoms with E-state index >= 15 is 0 Å². The average Bonchev–Trinajstić information content (AvgIpc) is 2.92. The lowest BCUT2D eigenvalue weighted by Gasteiger charge is -2.25. The monoisotopic (exact) mass is 273 g/mol. The first kappa shape index (κ1) is 12.8. The molecule has 0 spiro atoms. The van der Waals surface area contributed by atoms with Gasteiger partial charge >= 0.3 is 0 Å². The van der Waals surface area contributed by atoms with Crippen molar-refractivity contribution in [1.29, 1.82) is 0 Å². The first-order valence-electron chi connectivity index (χ1n) is 7.19. The molecule has 1 heterocycles. The van der Waals surface area contributed by atoms with Gasteiger partial charge < -0.3 is 4.57 Å². The van der Waals surface area contributed by atoms with E-state index < -0.39 is 0 Å². The van der Waals surface area contributed by atoms with Gasteiger partial charge in [-0.2, -0.15) is 0 Å². The summed E-state index contributed by atoms with van der Waals surface area (Å²) in [6.45, 7) is 2.05. The number of halogens is 1. The molecule has 0 bridgehead atoms. The van der Waals surface area contributed by atoms with Crippen LogP contribution in [0.5, 0.6) is 0 Å². The number of rotatable bonds is 2. The van der Waals surface area contributed by atoms with Crippen molar-refractivity contribution in [2.75, 3.05) is 0 Å². The zero-order valence-electron chi connectivity index (χ0n) is 11.4. The number of aromatic nitrogens is 1. The Hall–Kier alpha value is -1.21. The number of benzene rings is 1. The summed E-state index contributed by atoms with van der Waals surface area (Å²) in [7, 11) is 0. The maximum atomic E-state index is 6.26. The Bertz CT molecular complexity index is 564. The van der Waals surface area contributed by atoms with E-state index in [0.717, 1.165) is 10.6 Å². The van der Waals surface area contributed by atoms with E-state index in [2.05, 4.69) is 41.1 Å². The van der Waals surface area contributed by atoms with Crippen LogP contribution in [0.25, 0.3) is 11.3 Å². The molecule has 1 aliphatic rings. The van der Waals surface area contributed by atoms with Crippen LogP contribution < -0.4 is 0 Å². The van der Waals surface area contributed by atoms with Gasteiger partial charge in [0, 0.05) is 23.0 Å². The van der Waals surface area contributed by atoms with Crippen LogP contribution in [0.1, 0.15) is 43.7 Å². The van der Waals surface area contributed by atoms with E-state index in [0.29, 0.717) is 6.04 Å². The van der Waals surface area contributed by atoms with E-state index in [1.54, 1.807) is 0 Å². The Morgan fingerprint density at radius 1 is 1.11 bits per heavy atom. The first-order chi connectivity index (χ1) is 9.25. The van der Waals surface area contributed by atoms with Gasteiger partial charge in [0.1, 0.15) is 0 Å². The Morgan fingerprint density at radius 3 is 2.63 bits per heavy atom. The highest BCUT2D eigenvalue weighted by atomic mass is 35.5. The van der Waals surface area contributed by atoms with Crippen molar-refractivity contribution in [2.24, 2.45) is 0 Å². The fourth-order valence-corrected chi connectivity index (χ4v) is 3.25. The molecule has 0 radical (unpaired) electrons. The lowest BCUT2D eigenvalue weighted by atomic mass is 9.95. The maximum absolute atomic E-state index is 6.26. The Kier molecular flexibility index (Phi) is 3.65. The van der Waals surface area contributed by atoms with E-state index in [4.69, 9.17) is 11.6 Å². The maximum Gasteiger partial charge on any atom is 0.0483 e. The second kappa shape index (κ2) is 5.42. The third-order valence-electron chi connectivity index (χ3n) is 4.21. The van der Waals surface area contributed by atoms with Crippen LogP contribution in [0, 0.1) is 6.92 Å². The molecule has 0 unspecified atom stereocenters. The molecule has 0 atom stereocenters. The van der Waals surface area contributed by atoms with Crippen molar-refractivity contribution in [1.82, 2.24) is 4.57 Å². The average molecular weight is 274 g/mol. The molecular weight excluding hydrogens is 254 g/mol. The molecule has 0 amide bonds. The fraction of sp³-hybridized carbons (Fsp3) is 0.412. The molecule has 1 nitrogen and oxygen atoms in total. The molecule has 0 aliphatic heterocycles. The summed E-state index contributed by atoms with van der Waals surface area (Å²) < 4.78 is 2.44. The predicted octanol–water partition coefficient (Wildman–Crippen LogP) is 5.62. The third kappa shape index (κ3) is 2.57. The van der Waals surface area contributed by atoms with Gasteiger partial charge in [-0.3, -0.25) is 0 Å². The molecule has 2 aromatic rings. The minimum Gasteiger partial charge on any atom is -0.344 e. The summed E-state index contributed by atoms with van der Waals surface area (Å²) in [5, 5.41) is 0.855. The van der Waals surface area contributed by atoms with Crippen molar-refractivity contribution in [3.05, 3.63) is 47.1 Å². The Balaban J connectivity index is 1.96. The van der Waals surface area contributed by atoms with Gasteiger partial charge in [0.25, 0.3) is 0 Å². The van der Waals surface area contributed by atoms with Crippen molar-refractivity contribution in [3.8, 4) is 11.3 Å². The van der Waals surface area contributed by atoms with Gasteiger partial charge in [-0.1, -0.05) is 43.0 Å². The zero-order valence-corrected chi connectivity index (χ0v) is 12.2. The number of aryl methyl sites for hydroxylation is 1. The van der Waals surface area contributed by atoms with Crippen LogP contribution in [-0.4, -0.2) is 4.57 Å². The summed E-state index contributed by atoms with van der Waals surface area (Å²) in [6, 6.07) is 11.4. The summed E-state index contributed by atoms with van der Waals surface area (Å²) in [4.78, 5) is 0. The van der Waals surface area contributed by atoms with Crippen LogP contribution in [-0.2, 0) is 0 Å².